The van der Waals surface area contributed by atoms with E-state index >= 15 is 0 Å². The summed E-state index contributed by atoms with van der Waals surface area (Å²) in [5.41, 5.74) is 10.8. The van der Waals surface area contributed by atoms with Crippen molar-refractivity contribution in [1.82, 2.24) is 15.0 Å². The van der Waals surface area contributed by atoms with Crippen molar-refractivity contribution in [3.05, 3.63) is 187 Å². The van der Waals surface area contributed by atoms with E-state index in [4.69, 9.17) is 19.4 Å². The minimum absolute atomic E-state index is 0.0293. The molecule has 4 heteroatoms. The molecule has 0 saturated carbocycles. The number of fused-ring (bicyclic) bond motifs is 9. The summed E-state index contributed by atoms with van der Waals surface area (Å²) in [6, 6.07) is 59.8. The lowest BCUT2D eigenvalue weighted by atomic mass is 9.78. The highest BCUT2D eigenvalue weighted by molar-refractivity contribution is 6.19. The molecule has 53 heavy (non-hydrogen) atoms. The molecule has 0 N–H and O–H groups in total. The van der Waals surface area contributed by atoms with Crippen LogP contribution in [0.25, 0.3) is 88.5 Å². The maximum absolute atomic E-state index is 6.84. The van der Waals surface area contributed by atoms with Gasteiger partial charge in [-0.2, -0.15) is 0 Å². The Bertz CT molecular complexity index is 3050. The minimum Gasteiger partial charge on any atom is -0.455 e. The molecule has 4 nitrogen and oxygen atoms in total. The summed E-state index contributed by atoms with van der Waals surface area (Å²) in [6.07, 6.45) is 0.812. The van der Waals surface area contributed by atoms with Crippen molar-refractivity contribution in [3.63, 3.8) is 0 Å². The highest BCUT2D eigenvalue weighted by Crippen LogP contribution is 2.45. The molecule has 248 valence electrons. The van der Waals surface area contributed by atoms with Crippen LogP contribution in [0.15, 0.2) is 174 Å². The topological polar surface area (TPSA) is 51.8 Å². The third-order valence-corrected chi connectivity index (χ3v) is 10.9. The lowest BCUT2D eigenvalue weighted by Crippen LogP contribution is -2.16. The number of benzene rings is 8. The van der Waals surface area contributed by atoms with Gasteiger partial charge in [0.05, 0.1) is 0 Å². The van der Waals surface area contributed by atoms with Crippen molar-refractivity contribution in [2.45, 2.75) is 12.3 Å². The lowest BCUT2D eigenvalue weighted by molar-refractivity contribution is 0.670. The quantitative estimate of drug-likeness (QED) is 0.174. The molecule has 2 aromatic heterocycles. The zero-order valence-electron chi connectivity index (χ0n) is 28.7. The molecule has 1 aliphatic rings. The van der Waals surface area contributed by atoms with Crippen molar-refractivity contribution < 1.29 is 4.42 Å². The first-order valence-electron chi connectivity index (χ1n) is 18.1. The zero-order chi connectivity index (χ0) is 34.9. The van der Waals surface area contributed by atoms with Gasteiger partial charge >= 0.3 is 0 Å². The fourth-order valence-corrected chi connectivity index (χ4v) is 8.48. The van der Waals surface area contributed by atoms with Gasteiger partial charge in [0.15, 0.2) is 11.6 Å². The van der Waals surface area contributed by atoms with Crippen LogP contribution in [0.3, 0.4) is 0 Å². The molecule has 0 fully saturated rings. The second-order valence-electron chi connectivity index (χ2n) is 13.9. The Kier molecular flexibility index (Phi) is 6.65. The van der Waals surface area contributed by atoms with E-state index in [0.717, 1.165) is 56.4 Å². The van der Waals surface area contributed by atoms with Crippen molar-refractivity contribution in [2.24, 2.45) is 0 Å². The third kappa shape index (κ3) is 4.73. The molecule has 1 atom stereocenters. The van der Waals surface area contributed by atoms with Crippen molar-refractivity contribution in [3.8, 4) is 45.0 Å². The molecular formula is C49H31N3O. The van der Waals surface area contributed by atoms with Gasteiger partial charge in [-0.3, -0.25) is 0 Å². The molecule has 0 aliphatic heterocycles. The van der Waals surface area contributed by atoms with E-state index < -0.39 is 0 Å². The maximum Gasteiger partial charge on any atom is 0.164 e. The van der Waals surface area contributed by atoms with Gasteiger partial charge in [0.1, 0.15) is 17.0 Å². The summed E-state index contributed by atoms with van der Waals surface area (Å²) in [5.74, 6) is 2.04. The molecule has 0 radical (unpaired) electrons. The Labute approximate surface area is 306 Å². The van der Waals surface area contributed by atoms with Crippen LogP contribution in [0.2, 0.25) is 0 Å². The van der Waals surface area contributed by atoms with Crippen LogP contribution < -0.4 is 0 Å². The Morgan fingerprint density at radius 3 is 2.02 bits per heavy atom. The maximum atomic E-state index is 6.84. The molecule has 8 aromatic carbocycles. The highest BCUT2D eigenvalue weighted by Gasteiger charge is 2.29. The van der Waals surface area contributed by atoms with Crippen molar-refractivity contribution in [2.75, 3.05) is 0 Å². The first kappa shape index (κ1) is 29.8. The van der Waals surface area contributed by atoms with Gasteiger partial charge in [-0.15, -0.1) is 0 Å². The molecule has 0 saturated heterocycles. The monoisotopic (exact) mass is 677 g/mol. The smallest absolute Gasteiger partial charge is 0.164 e. The minimum atomic E-state index is -0.0293. The van der Waals surface area contributed by atoms with Crippen LogP contribution in [0.4, 0.5) is 0 Å². The van der Waals surface area contributed by atoms with Crippen LogP contribution in [-0.2, 0) is 6.42 Å². The fourth-order valence-electron chi connectivity index (χ4n) is 8.48. The van der Waals surface area contributed by atoms with Crippen LogP contribution in [0, 0.1) is 0 Å². The largest absolute Gasteiger partial charge is 0.455 e. The van der Waals surface area contributed by atoms with Gasteiger partial charge in [0.2, 0.25) is 0 Å². The van der Waals surface area contributed by atoms with Crippen LogP contribution in [-0.4, -0.2) is 15.0 Å². The average molecular weight is 678 g/mol. The third-order valence-electron chi connectivity index (χ3n) is 10.9. The highest BCUT2D eigenvalue weighted by atomic mass is 16.3. The van der Waals surface area contributed by atoms with Crippen LogP contribution >= 0.6 is 0 Å². The molecular weight excluding hydrogens is 647 g/mol. The van der Waals surface area contributed by atoms with E-state index in [1.165, 1.54) is 43.8 Å². The van der Waals surface area contributed by atoms with Gasteiger partial charge in [-0.05, 0) is 67.9 Å². The second kappa shape index (κ2) is 11.8. The van der Waals surface area contributed by atoms with Crippen molar-refractivity contribution >= 4 is 43.5 Å². The predicted octanol–water partition coefficient (Wildman–Crippen LogP) is 12.4. The van der Waals surface area contributed by atoms with E-state index in [2.05, 4.69) is 146 Å². The molecule has 2 heterocycles. The number of rotatable bonds is 4. The Morgan fingerprint density at radius 1 is 0.453 bits per heavy atom. The molecule has 0 spiro atoms. The van der Waals surface area contributed by atoms with Crippen molar-refractivity contribution in [1.29, 1.82) is 0 Å². The van der Waals surface area contributed by atoms with Gasteiger partial charge in [-0.1, -0.05) is 158 Å². The van der Waals surface area contributed by atoms with E-state index in [9.17, 15) is 0 Å². The first-order chi connectivity index (χ1) is 26.3. The standard InChI is InChI=1S/C49H31N3O/c1-2-14-30(15-3-1)47-50-48(52-49(51-47)43-29-32-17-5-7-19-34(32)36-21-9-11-23-38(36)43)41-26-13-27-44-45(41)40-25-12-24-39(46(40)53-44)42-28-31-16-4-6-18-33(31)35-20-8-10-22-37(35)42/h1-28,43H,29H2. The summed E-state index contributed by atoms with van der Waals surface area (Å²) in [5, 5.41) is 6.91. The van der Waals surface area contributed by atoms with Crippen LogP contribution in [0.5, 0.6) is 0 Å². The number of hydrogen-bond donors (Lipinski definition) is 0. The van der Waals surface area contributed by atoms with Gasteiger partial charge in [-0.25, -0.2) is 15.0 Å². The van der Waals surface area contributed by atoms with Gasteiger partial charge < -0.3 is 4.42 Å². The Morgan fingerprint density at radius 2 is 1.11 bits per heavy atom. The summed E-state index contributed by atoms with van der Waals surface area (Å²) in [7, 11) is 0. The molecule has 0 bridgehead atoms. The van der Waals surface area contributed by atoms with Crippen LogP contribution in [0.1, 0.15) is 22.9 Å². The number of furan rings is 1. The van der Waals surface area contributed by atoms with E-state index in [1.54, 1.807) is 0 Å². The molecule has 0 amide bonds. The Balaban J connectivity index is 1.14. The Hall–Kier alpha value is -6.91. The number of aromatic nitrogens is 3. The number of para-hydroxylation sites is 1. The SMILES string of the molecule is c1ccc(-c2nc(-c3cccc4oc5c(-c6cc7ccccc7c7ccccc67)cccc5c34)nc(C3Cc4ccccc4-c4ccccc43)n2)cc1. The summed E-state index contributed by atoms with van der Waals surface area (Å²) in [6.45, 7) is 0. The van der Waals surface area contributed by atoms with Gasteiger partial charge in [0, 0.05) is 33.4 Å². The zero-order valence-corrected chi connectivity index (χ0v) is 28.7. The summed E-state index contributed by atoms with van der Waals surface area (Å²) in [4.78, 5) is 15.8. The molecule has 11 rings (SSSR count). The number of nitrogens with zero attached hydrogens (tertiary/aromatic N) is 3. The normalized spacial score (nSPS) is 13.8. The average Bonchev–Trinajstić information content (AvgIpc) is 3.63. The molecule has 1 unspecified atom stereocenters. The summed E-state index contributed by atoms with van der Waals surface area (Å²) < 4.78 is 6.84. The second-order valence-corrected chi connectivity index (χ2v) is 13.9. The molecule has 10 aromatic rings. The fraction of sp³-hybridized carbons (Fsp3) is 0.0408. The summed E-state index contributed by atoms with van der Waals surface area (Å²) >= 11 is 0. The van der Waals surface area contributed by atoms with E-state index in [1.807, 2.05) is 24.3 Å². The first-order valence-corrected chi connectivity index (χ1v) is 18.1. The van der Waals surface area contributed by atoms with E-state index in [-0.39, 0.29) is 5.92 Å². The van der Waals surface area contributed by atoms with E-state index in [0.29, 0.717) is 11.6 Å². The number of hydrogen-bond acceptors (Lipinski definition) is 4. The van der Waals surface area contributed by atoms with Gasteiger partial charge in [0.25, 0.3) is 0 Å². The lowest BCUT2D eigenvalue weighted by Gasteiger charge is -2.27. The molecule has 1 aliphatic carbocycles. The predicted molar refractivity (Wildman–Crippen MR) is 216 cm³/mol.